The van der Waals surface area contributed by atoms with Crippen molar-refractivity contribution in [1.29, 1.82) is 0 Å². The molecule has 2 aromatic rings. The summed E-state index contributed by atoms with van der Waals surface area (Å²) in [5.74, 6) is 0.958. The molecule has 1 aromatic carbocycles. The molecule has 0 aliphatic rings. The Labute approximate surface area is 116 Å². The Kier molecular flexibility index (Phi) is 4.29. The number of amides is 1. The van der Waals surface area contributed by atoms with Crippen LogP contribution in [-0.2, 0) is 18.3 Å². The van der Waals surface area contributed by atoms with E-state index in [1.165, 1.54) is 4.68 Å². The van der Waals surface area contributed by atoms with Crippen molar-refractivity contribution >= 4 is 11.6 Å². The first-order valence-electron chi connectivity index (χ1n) is 6.33. The number of nitrogens with zero attached hydrogens (tertiary/aromatic N) is 4. The van der Waals surface area contributed by atoms with E-state index in [-0.39, 0.29) is 18.4 Å². The Morgan fingerprint density at radius 1 is 1.40 bits per heavy atom. The van der Waals surface area contributed by atoms with E-state index < -0.39 is 0 Å². The van der Waals surface area contributed by atoms with E-state index in [0.717, 1.165) is 0 Å². The van der Waals surface area contributed by atoms with Gasteiger partial charge < -0.3 is 10.1 Å². The molecule has 1 N–H and O–H groups in total. The first kappa shape index (κ1) is 14.0. The van der Waals surface area contributed by atoms with Crippen molar-refractivity contribution in [3.8, 4) is 5.75 Å². The van der Waals surface area contributed by atoms with Gasteiger partial charge in [-0.25, -0.2) is 4.68 Å². The van der Waals surface area contributed by atoms with Crippen LogP contribution in [-0.4, -0.2) is 32.2 Å². The van der Waals surface area contributed by atoms with E-state index >= 15 is 0 Å². The fraction of sp³-hybridized carbons (Fsp3) is 0.385. The van der Waals surface area contributed by atoms with Gasteiger partial charge in [0.1, 0.15) is 5.75 Å². The summed E-state index contributed by atoms with van der Waals surface area (Å²) in [4.78, 5) is 12.0. The molecule has 0 spiro atoms. The van der Waals surface area contributed by atoms with Crippen molar-refractivity contribution in [2.45, 2.75) is 26.4 Å². The maximum absolute atomic E-state index is 12.0. The number of hydrogen-bond acceptors (Lipinski definition) is 5. The number of aromatic nitrogens is 4. The van der Waals surface area contributed by atoms with Crippen molar-refractivity contribution in [2.24, 2.45) is 7.05 Å². The first-order chi connectivity index (χ1) is 9.56. The molecule has 0 unspecified atom stereocenters. The molecule has 0 aliphatic carbocycles. The van der Waals surface area contributed by atoms with Gasteiger partial charge in [0.15, 0.2) is 5.82 Å². The van der Waals surface area contributed by atoms with Gasteiger partial charge in [0.2, 0.25) is 5.91 Å². The van der Waals surface area contributed by atoms with Crippen LogP contribution in [0.25, 0.3) is 0 Å². The minimum Gasteiger partial charge on any atom is -0.489 e. The van der Waals surface area contributed by atoms with E-state index in [2.05, 4.69) is 20.8 Å². The summed E-state index contributed by atoms with van der Waals surface area (Å²) in [6.45, 7) is 3.87. The van der Waals surface area contributed by atoms with Crippen LogP contribution in [0.5, 0.6) is 5.75 Å². The second-order valence-electron chi connectivity index (χ2n) is 4.61. The largest absolute Gasteiger partial charge is 0.489 e. The van der Waals surface area contributed by atoms with Crippen molar-refractivity contribution < 1.29 is 9.53 Å². The number of hydrogen-bond donors (Lipinski definition) is 1. The quantitative estimate of drug-likeness (QED) is 0.886. The molecule has 0 bridgehead atoms. The monoisotopic (exact) mass is 275 g/mol. The number of aryl methyl sites for hydroxylation is 1. The molecule has 7 heteroatoms. The van der Waals surface area contributed by atoms with Gasteiger partial charge in [-0.1, -0.05) is 12.1 Å². The van der Waals surface area contributed by atoms with Crippen LogP contribution in [0.15, 0.2) is 24.3 Å². The summed E-state index contributed by atoms with van der Waals surface area (Å²) in [6, 6.07) is 7.32. The van der Waals surface area contributed by atoms with Crippen LogP contribution in [0.3, 0.4) is 0 Å². The minimum absolute atomic E-state index is 0.0380. The molecule has 0 aliphatic heterocycles. The van der Waals surface area contributed by atoms with E-state index in [1.54, 1.807) is 13.1 Å². The lowest BCUT2D eigenvalue weighted by atomic mass is 10.2. The number of anilines is 1. The summed E-state index contributed by atoms with van der Waals surface area (Å²) < 4.78 is 7.11. The average Bonchev–Trinajstić information content (AvgIpc) is 2.77. The Hall–Kier alpha value is -2.44. The molecule has 1 heterocycles. The second kappa shape index (κ2) is 6.14. The summed E-state index contributed by atoms with van der Waals surface area (Å²) in [5, 5.41) is 13.8. The molecule has 7 nitrogen and oxygen atoms in total. The molecule has 0 fully saturated rings. The van der Waals surface area contributed by atoms with Crippen molar-refractivity contribution in [3.63, 3.8) is 0 Å². The predicted molar refractivity (Wildman–Crippen MR) is 73.3 cm³/mol. The van der Waals surface area contributed by atoms with Crippen LogP contribution in [0.1, 0.15) is 19.7 Å². The van der Waals surface area contributed by atoms with Crippen LogP contribution < -0.4 is 10.1 Å². The molecule has 20 heavy (non-hydrogen) atoms. The maximum atomic E-state index is 12.0. The lowest BCUT2D eigenvalue weighted by Gasteiger charge is -2.14. The lowest BCUT2D eigenvalue weighted by molar-refractivity contribution is -0.115. The smallest absolute Gasteiger partial charge is 0.232 e. The normalized spacial score (nSPS) is 10.6. The fourth-order valence-corrected chi connectivity index (χ4v) is 1.66. The van der Waals surface area contributed by atoms with Gasteiger partial charge in [-0.15, -0.1) is 5.10 Å². The van der Waals surface area contributed by atoms with E-state index in [1.807, 2.05) is 32.0 Å². The maximum Gasteiger partial charge on any atom is 0.232 e. The van der Waals surface area contributed by atoms with Crippen LogP contribution in [0.2, 0.25) is 0 Å². The third-order valence-electron chi connectivity index (χ3n) is 2.55. The van der Waals surface area contributed by atoms with Gasteiger partial charge in [-0.05, 0) is 36.4 Å². The standard InChI is InChI=1S/C13H17N5O2/c1-9(2)20-11-7-5-4-6-10(11)14-13(19)8-12-15-16-17-18(12)3/h4-7,9H,8H2,1-3H3,(H,14,19). The zero-order valence-electron chi connectivity index (χ0n) is 11.7. The topological polar surface area (TPSA) is 81.9 Å². The molecule has 0 saturated carbocycles. The van der Waals surface area contributed by atoms with Crippen molar-refractivity contribution in [2.75, 3.05) is 5.32 Å². The summed E-state index contributed by atoms with van der Waals surface area (Å²) in [5.41, 5.74) is 0.640. The minimum atomic E-state index is -0.192. The number of para-hydroxylation sites is 2. The van der Waals surface area contributed by atoms with Gasteiger partial charge >= 0.3 is 0 Å². The average molecular weight is 275 g/mol. The van der Waals surface area contributed by atoms with E-state index in [4.69, 9.17) is 4.74 Å². The Morgan fingerprint density at radius 2 is 2.15 bits per heavy atom. The van der Waals surface area contributed by atoms with Gasteiger partial charge in [0.05, 0.1) is 18.2 Å². The third-order valence-corrected chi connectivity index (χ3v) is 2.55. The van der Waals surface area contributed by atoms with E-state index in [0.29, 0.717) is 17.3 Å². The molecule has 0 radical (unpaired) electrons. The highest BCUT2D eigenvalue weighted by Gasteiger charge is 2.12. The number of ether oxygens (including phenoxy) is 1. The zero-order chi connectivity index (χ0) is 14.5. The molecule has 1 amide bonds. The van der Waals surface area contributed by atoms with Gasteiger partial charge in [-0.2, -0.15) is 0 Å². The van der Waals surface area contributed by atoms with Crippen LogP contribution in [0.4, 0.5) is 5.69 Å². The molecule has 0 atom stereocenters. The molecular formula is C13H17N5O2. The Balaban J connectivity index is 2.06. The number of tetrazole rings is 1. The number of benzene rings is 1. The SMILES string of the molecule is CC(C)Oc1ccccc1NC(=O)Cc1nnnn1C. The number of carbonyl (C=O) groups is 1. The Bertz CT molecular complexity index is 594. The summed E-state index contributed by atoms with van der Waals surface area (Å²) in [7, 11) is 1.69. The highest BCUT2D eigenvalue weighted by molar-refractivity contribution is 5.93. The highest BCUT2D eigenvalue weighted by Crippen LogP contribution is 2.24. The summed E-state index contributed by atoms with van der Waals surface area (Å²) in [6.07, 6.45) is 0.149. The molecule has 106 valence electrons. The fourth-order valence-electron chi connectivity index (χ4n) is 1.66. The van der Waals surface area contributed by atoms with Gasteiger partial charge in [-0.3, -0.25) is 4.79 Å². The Morgan fingerprint density at radius 3 is 2.80 bits per heavy atom. The number of nitrogens with one attached hydrogen (secondary N) is 1. The molecule has 1 aromatic heterocycles. The predicted octanol–water partition coefficient (Wildman–Crippen LogP) is 1.18. The van der Waals surface area contributed by atoms with Crippen molar-refractivity contribution in [3.05, 3.63) is 30.1 Å². The summed E-state index contributed by atoms with van der Waals surface area (Å²) >= 11 is 0. The zero-order valence-corrected chi connectivity index (χ0v) is 11.7. The van der Waals surface area contributed by atoms with Gasteiger partial charge in [0.25, 0.3) is 0 Å². The lowest BCUT2D eigenvalue weighted by Crippen LogP contribution is -2.18. The molecule has 0 saturated heterocycles. The van der Waals surface area contributed by atoms with Crippen LogP contribution in [0, 0.1) is 0 Å². The molecule has 2 rings (SSSR count). The third kappa shape index (κ3) is 3.53. The van der Waals surface area contributed by atoms with E-state index in [9.17, 15) is 4.79 Å². The van der Waals surface area contributed by atoms with Crippen LogP contribution >= 0.6 is 0 Å². The highest BCUT2D eigenvalue weighted by atomic mass is 16.5. The van der Waals surface area contributed by atoms with Crippen molar-refractivity contribution in [1.82, 2.24) is 20.2 Å². The first-order valence-corrected chi connectivity index (χ1v) is 6.33. The number of carbonyl (C=O) groups excluding carboxylic acids is 1. The number of rotatable bonds is 5. The second-order valence-corrected chi connectivity index (χ2v) is 4.61. The van der Waals surface area contributed by atoms with Gasteiger partial charge in [0, 0.05) is 7.05 Å². The molecular weight excluding hydrogens is 258 g/mol.